The third-order valence-corrected chi connectivity index (χ3v) is 6.72. The number of anilines is 2. The van der Waals surface area contributed by atoms with Crippen molar-refractivity contribution in [1.29, 1.82) is 0 Å². The van der Waals surface area contributed by atoms with Crippen molar-refractivity contribution in [3.05, 3.63) is 66.9 Å². The van der Waals surface area contributed by atoms with Crippen molar-refractivity contribution in [2.45, 2.75) is 4.90 Å². The first-order valence-electron chi connectivity index (χ1n) is 9.59. The van der Waals surface area contributed by atoms with E-state index in [-0.39, 0.29) is 17.3 Å². The van der Waals surface area contributed by atoms with Crippen molar-refractivity contribution in [1.82, 2.24) is 5.32 Å². The predicted molar refractivity (Wildman–Crippen MR) is 123 cm³/mol. The Bertz CT molecular complexity index is 1290. The number of rotatable bonds is 4. The Morgan fingerprint density at radius 2 is 1.70 bits per heavy atom. The first-order chi connectivity index (χ1) is 14.1. The number of fused-ring (bicyclic) bond motifs is 2. The fourth-order valence-electron chi connectivity index (χ4n) is 3.90. The van der Waals surface area contributed by atoms with E-state index in [1.165, 1.54) is 0 Å². The third-order valence-electron chi connectivity index (χ3n) is 5.28. The molecule has 3 aromatic carbocycles. The highest BCUT2D eigenvalue weighted by atomic mass is 35.5. The molecule has 0 saturated carbocycles. The van der Waals surface area contributed by atoms with Crippen LogP contribution in [-0.2, 0) is 10.0 Å². The molecule has 0 bridgehead atoms. The summed E-state index contributed by atoms with van der Waals surface area (Å²) >= 11 is 0. The van der Waals surface area contributed by atoms with E-state index >= 15 is 0 Å². The van der Waals surface area contributed by atoms with Gasteiger partial charge in [-0.2, -0.15) is 0 Å². The van der Waals surface area contributed by atoms with Gasteiger partial charge in [0.15, 0.2) is 5.58 Å². The Morgan fingerprint density at radius 1 is 0.933 bits per heavy atom. The van der Waals surface area contributed by atoms with Crippen molar-refractivity contribution in [2.75, 3.05) is 35.8 Å². The molecule has 2 N–H and O–H groups in total. The summed E-state index contributed by atoms with van der Waals surface area (Å²) in [7, 11) is -3.75. The van der Waals surface area contributed by atoms with E-state index in [9.17, 15) is 8.42 Å². The van der Waals surface area contributed by atoms with E-state index in [1.54, 1.807) is 18.4 Å². The summed E-state index contributed by atoms with van der Waals surface area (Å²) in [6.07, 6.45) is 1.64. The maximum absolute atomic E-state index is 13.2. The quantitative estimate of drug-likeness (QED) is 0.494. The van der Waals surface area contributed by atoms with Gasteiger partial charge in [0, 0.05) is 37.0 Å². The summed E-state index contributed by atoms with van der Waals surface area (Å²) in [6, 6.07) is 18.3. The number of benzene rings is 3. The number of sulfonamides is 1. The number of halogens is 1. The monoisotopic (exact) mass is 443 g/mol. The Kier molecular flexibility index (Phi) is 5.60. The van der Waals surface area contributed by atoms with Gasteiger partial charge in [-0.1, -0.05) is 36.4 Å². The molecule has 156 valence electrons. The van der Waals surface area contributed by atoms with Crippen LogP contribution in [0.2, 0.25) is 0 Å². The minimum absolute atomic E-state index is 0. The summed E-state index contributed by atoms with van der Waals surface area (Å²) < 4.78 is 34.9. The van der Waals surface area contributed by atoms with Crippen LogP contribution < -0.4 is 14.9 Å². The van der Waals surface area contributed by atoms with Gasteiger partial charge >= 0.3 is 0 Å². The van der Waals surface area contributed by atoms with Crippen molar-refractivity contribution in [2.24, 2.45) is 0 Å². The highest BCUT2D eigenvalue weighted by Gasteiger charge is 2.21. The molecule has 0 unspecified atom stereocenters. The molecule has 0 spiro atoms. The summed E-state index contributed by atoms with van der Waals surface area (Å²) in [5, 5.41) is 5.80. The number of furan rings is 1. The molecule has 0 amide bonds. The van der Waals surface area contributed by atoms with Gasteiger partial charge in [-0.25, -0.2) is 8.42 Å². The zero-order valence-electron chi connectivity index (χ0n) is 16.2. The minimum atomic E-state index is -3.75. The van der Waals surface area contributed by atoms with Crippen LogP contribution in [0.4, 0.5) is 11.4 Å². The molecule has 1 aromatic heterocycles. The van der Waals surface area contributed by atoms with Crippen molar-refractivity contribution in [3.8, 4) is 0 Å². The standard InChI is InChI=1S/C22H21N3O3S.ClH/c26-29(27,21-7-3-5-16-4-1-2-6-19(16)21)24-18-14-17-8-13-28-22(17)20(15-18)25-11-9-23-10-12-25;/h1-8,13-15,23-24H,9-12H2;1H. The van der Waals surface area contributed by atoms with Crippen molar-refractivity contribution in [3.63, 3.8) is 0 Å². The molecule has 1 fully saturated rings. The Labute approximate surface area is 181 Å². The Morgan fingerprint density at radius 3 is 2.53 bits per heavy atom. The molecule has 2 heterocycles. The maximum Gasteiger partial charge on any atom is 0.262 e. The summed E-state index contributed by atoms with van der Waals surface area (Å²) in [5.74, 6) is 0. The lowest BCUT2D eigenvalue weighted by Gasteiger charge is -2.29. The first kappa shape index (κ1) is 20.5. The summed E-state index contributed by atoms with van der Waals surface area (Å²) in [4.78, 5) is 2.49. The van der Waals surface area contributed by atoms with Gasteiger partial charge in [0.25, 0.3) is 10.0 Å². The second-order valence-corrected chi connectivity index (χ2v) is 8.80. The van der Waals surface area contributed by atoms with Gasteiger partial charge in [-0.05, 0) is 29.7 Å². The van der Waals surface area contributed by atoms with Gasteiger partial charge in [0.1, 0.15) is 0 Å². The Balaban J connectivity index is 0.00000218. The van der Waals surface area contributed by atoms with Crippen molar-refractivity contribution < 1.29 is 12.8 Å². The van der Waals surface area contributed by atoms with Gasteiger partial charge in [0.05, 0.1) is 22.5 Å². The number of hydrogen-bond donors (Lipinski definition) is 2. The van der Waals surface area contributed by atoms with Crippen LogP contribution in [0.25, 0.3) is 21.7 Å². The average Bonchev–Trinajstić information content (AvgIpc) is 3.21. The van der Waals surface area contributed by atoms with E-state index in [2.05, 4.69) is 14.9 Å². The molecule has 1 aliphatic rings. The molecule has 5 rings (SSSR count). The molecule has 1 saturated heterocycles. The van der Waals surface area contributed by atoms with Gasteiger partial charge in [0.2, 0.25) is 0 Å². The van der Waals surface area contributed by atoms with Crippen LogP contribution in [0.15, 0.2) is 76.2 Å². The second-order valence-electron chi connectivity index (χ2n) is 7.15. The number of nitrogens with zero attached hydrogens (tertiary/aromatic N) is 1. The number of hydrogen-bond acceptors (Lipinski definition) is 5. The molecular weight excluding hydrogens is 422 g/mol. The van der Waals surface area contributed by atoms with Gasteiger partial charge in [-0.3, -0.25) is 4.72 Å². The maximum atomic E-state index is 13.2. The van der Waals surface area contributed by atoms with E-state index in [4.69, 9.17) is 4.42 Å². The number of piperazine rings is 1. The lowest BCUT2D eigenvalue weighted by atomic mass is 10.1. The van der Waals surface area contributed by atoms with E-state index in [1.807, 2.05) is 48.5 Å². The Hall–Kier alpha value is -2.74. The van der Waals surface area contributed by atoms with Crippen LogP contribution in [0.1, 0.15) is 0 Å². The lowest BCUT2D eigenvalue weighted by molar-refractivity contribution is 0.579. The van der Waals surface area contributed by atoms with Crippen LogP contribution in [0.5, 0.6) is 0 Å². The van der Waals surface area contributed by atoms with Crippen LogP contribution in [0.3, 0.4) is 0 Å². The number of nitrogens with one attached hydrogen (secondary N) is 2. The SMILES string of the molecule is Cl.O=S(=O)(Nc1cc(N2CCNCC2)c2occc2c1)c1cccc2ccccc12. The molecule has 30 heavy (non-hydrogen) atoms. The van der Waals surface area contributed by atoms with E-state index in [0.29, 0.717) is 11.1 Å². The topological polar surface area (TPSA) is 74.6 Å². The summed E-state index contributed by atoms with van der Waals surface area (Å²) in [5.41, 5.74) is 2.21. The molecule has 0 radical (unpaired) electrons. The fourth-order valence-corrected chi connectivity index (χ4v) is 5.17. The predicted octanol–water partition coefficient (Wildman–Crippen LogP) is 4.22. The molecule has 0 aliphatic carbocycles. The van der Waals surface area contributed by atoms with Crippen molar-refractivity contribution >= 4 is 55.5 Å². The van der Waals surface area contributed by atoms with E-state index < -0.39 is 10.0 Å². The normalized spacial score (nSPS) is 14.6. The zero-order valence-corrected chi connectivity index (χ0v) is 17.8. The van der Waals surface area contributed by atoms with Gasteiger partial charge < -0.3 is 14.6 Å². The zero-order chi connectivity index (χ0) is 19.8. The van der Waals surface area contributed by atoms with Gasteiger partial charge in [-0.15, -0.1) is 12.4 Å². The molecule has 0 atom stereocenters. The molecule has 6 nitrogen and oxygen atoms in total. The fraction of sp³-hybridized carbons (Fsp3) is 0.182. The van der Waals surface area contributed by atoms with E-state index in [0.717, 1.165) is 48.2 Å². The third kappa shape index (κ3) is 3.71. The first-order valence-corrected chi connectivity index (χ1v) is 11.1. The molecule has 4 aromatic rings. The minimum Gasteiger partial charge on any atom is -0.462 e. The second kappa shape index (κ2) is 8.18. The molecule has 1 aliphatic heterocycles. The molecular formula is C22H22ClN3O3S. The van der Waals surface area contributed by atoms with Crippen LogP contribution in [0, 0.1) is 0 Å². The lowest BCUT2D eigenvalue weighted by Crippen LogP contribution is -2.43. The average molecular weight is 444 g/mol. The molecule has 8 heteroatoms. The smallest absolute Gasteiger partial charge is 0.262 e. The summed E-state index contributed by atoms with van der Waals surface area (Å²) in [6.45, 7) is 3.45. The van der Waals surface area contributed by atoms with Crippen LogP contribution in [-0.4, -0.2) is 34.6 Å². The largest absolute Gasteiger partial charge is 0.462 e. The highest BCUT2D eigenvalue weighted by molar-refractivity contribution is 7.93. The highest BCUT2D eigenvalue weighted by Crippen LogP contribution is 2.33. The van der Waals surface area contributed by atoms with Crippen LogP contribution >= 0.6 is 12.4 Å².